The summed E-state index contributed by atoms with van der Waals surface area (Å²) < 4.78 is 14.3. The van der Waals surface area contributed by atoms with E-state index in [1.807, 2.05) is 0 Å². The second-order valence-corrected chi connectivity index (χ2v) is 4.27. The second kappa shape index (κ2) is 2.68. The lowest BCUT2D eigenvalue weighted by atomic mass is 10.3. The Kier molecular flexibility index (Phi) is 1.55. The quantitative estimate of drug-likeness (QED) is 0.815. The number of pyridine rings is 1. The van der Waals surface area contributed by atoms with Gasteiger partial charge in [0.25, 0.3) is 0 Å². The van der Waals surface area contributed by atoms with Crippen LogP contribution in [0.15, 0.2) is 18.3 Å². The summed E-state index contributed by atoms with van der Waals surface area (Å²) in [6.07, 6.45) is 3.59. The highest BCUT2D eigenvalue weighted by Gasteiger charge is 2.38. The van der Waals surface area contributed by atoms with Crippen LogP contribution in [0.1, 0.15) is 19.8 Å². The normalized spacial score (nSPS) is 18.0. The molecule has 0 radical (unpaired) electrons. The molecule has 2 aromatic heterocycles. The first-order valence-corrected chi connectivity index (χ1v) is 4.95. The summed E-state index contributed by atoms with van der Waals surface area (Å²) in [5, 5.41) is 7.39. The first-order chi connectivity index (χ1) is 7.15. The van der Waals surface area contributed by atoms with Gasteiger partial charge in [-0.1, -0.05) is 0 Å². The highest BCUT2D eigenvalue weighted by atomic mass is 19.1. The molecule has 1 aliphatic rings. The standard InChI is InChI=1S/C10H11FN4/c1-10(4-5-10)13-9-12-8-3-2-7(11)6-15(8)14-9/h2-3,6H,4-5H2,1H3,(H,13,14). The van der Waals surface area contributed by atoms with Crippen molar-refractivity contribution >= 4 is 11.6 Å². The van der Waals surface area contributed by atoms with Gasteiger partial charge in [-0.2, -0.15) is 4.98 Å². The molecule has 0 saturated heterocycles. The van der Waals surface area contributed by atoms with E-state index in [4.69, 9.17) is 0 Å². The van der Waals surface area contributed by atoms with Crippen molar-refractivity contribution in [2.45, 2.75) is 25.3 Å². The minimum atomic E-state index is -0.309. The van der Waals surface area contributed by atoms with Gasteiger partial charge in [0.2, 0.25) is 5.95 Å². The molecule has 1 saturated carbocycles. The highest BCUT2D eigenvalue weighted by molar-refractivity contribution is 5.44. The monoisotopic (exact) mass is 206 g/mol. The molecule has 0 amide bonds. The Bertz CT molecular complexity index is 515. The predicted octanol–water partition coefficient (Wildman–Crippen LogP) is 1.83. The van der Waals surface area contributed by atoms with Crippen molar-refractivity contribution in [1.29, 1.82) is 0 Å². The number of hydrogen-bond donors (Lipinski definition) is 1. The van der Waals surface area contributed by atoms with Gasteiger partial charge < -0.3 is 5.32 Å². The summed E-state index contributed by atoms with van der Waals surface area (Å²) >= 11 is 0. The van der Waals surface area contributed by atoms with Crippen LogP contribution in [0, 0.1) is 5.82 Å². The minimum Gasteiger partial charge on any atom is -0.348 e. The van der Waals surface area contributed by atoms with Crippen molar-refractivity contribution in [2.24, 2.45) is 0 Å². The topological polar surface area (TPSA) is 42.2 Å². The minimum absolute atomic E-state index is 0.142. The average Bonchev–Trinajstić information content (AvgIpc) is 2.76. The molecule has 5 heteroatoms. The SMILES string of the molecule is CC1(Nc2nc3ccc(F)cn3n2)CC1. The van der Waals surface area contributed by atoms with E-state index in [1.165, 1.54) is 16.8 Å². The zero-order valence-corrected chi connectivity index (χ0v) is 8.37. The molecule has 1 fully saturated rings. The number of hydrogen-bond acceptors (Lipinski definition) is 3. The molecule has 0 aromatic carbocycles. The Morgan fingerprint density at radius 1 is 1.47 bits per heavy atom. The van der Waals surface area contributed by atoms with E-state index in [-0.39, 0.29) is 11.4 Å². The molecule has 2 aromatic rings. The maximum atomic E-state index is 12.9. The van der Waals surface area contributed by atoms with Gasteiger partial charge in [-0.05, 0) is 31.9 Å². The van der Waals surface area contributed by atoms with Crippen LogP contribution in [0.4, 0.5) is 10.3 Å². The number of halogens is 1. The highest BCUT2D eigenvalue weighted by Crippen LogP contribution is 2.37. The number of aromatic nitrogens is 3. The Balaban J connectivity index is 1.99. The Labute approximate surface area is 86.1 Å². The summed E-state index contributed by atoms with van der Waals surface area (Å²) in [6.45, 7) is 2.12. The van der Waals surface area contributed by atoms with Crippen molar-refractivity contribution in [3.8, 4) is 0 Å². The lowest BCUT2D eigenvalue weighted by molar-refractivity contribution is 0.614. The fourth-order valence-electron chi connectivity index (χ4n) is 1.49. The van der Waals surface area contributed by atoms with Gasteiger partial charge in [0, 0.05) is 5.54 Å². The van der Waals surface area contributed by atoms with Crippen molar-refractivity contribution in [3.05, 3.63) is 24.1 Å². The van der Waals surface area contributed by atoms with E-state index in [1.54, 1.807) is 6.07 Å². The van der Waals surface area contributed by atoms with Crippen molar-refractivity contribution in [3.63, 3.8) is 0 Å². The first kappa shape index (κ1) is 8.64. The van der Waals surface area contributed by atoms with Crippen LogP contribution in [-0.4, -0.2) is 20.1 Å². The molecule has 0 bridgehead atoms. The van der Waals surface area contributed by atoms with Gasteiger partial charge in [-0.25, -0.2) is 8.91 Å². The summed E-state index contributed by atoms with van der Waals surface area (Å²) in [5.74, 6) is 0.261. The van der Waals surface area contributed by atoms with Gasteiger partial charge in [0.15, 0.2) is 5.65 Å². The fourth-order valence-corrected chi connectivity index (χ4v) is 1.49. The number of nitrogens with zero attached hydrogens (tertiary/aromatic N) is 3. The van der Waals surface area contributed by atoms with Crippen molar-refractivity contribution in [1.82, 2.24) is 14.6 Å². The molecule has 1 N–H and O–H groups in total. The number of nitrogens with one attached hydrogen (secondary N) is 1. The molecule has 3 rings (SSSR count). The third-order valence-corrected chi connectivity index (χ3v) is 2.71. The lowest BCUT2D eigenvalue weighted by Gasteiger charge is -2.07. The van der Waals surface area contributed by atoms with E-state index in [0.717, 1.165) is 12.8 Å². The van der Waals surface area contributed by atoms with E-state index < -0.39 is 0 Å². The molecule has 0 aliphatic heterocycles. The van der Waals surface area contributed by atoms with Crippen LogP contribution in [-0.2, 0) is 0 Å². The van der Waals surface area contributed by atoms with E-state index in [0.29, 0.717) is 11.6 Å². The van der Waals surface area contributed by atoms with E-state index in [9.17, 15) is 4.39 Å². The molecule has 1 aliphatic carbocycles. The van der Waals surface area contributed by atoms with Crippen molar-refractivity contribution in [2.75, 3.05) is 5.32 Å². The maximum absolute atomic E-state index is 12.9. The largest absolute Gasteiger partial charge is 0.348 e. The number of fused-ring (bicyclic) bond motifs is 1. The molecule has 0 unspecified atom stereocenters. The summed E-state index contributed by atoms with van der Waals surface area (Å²) in [5.41, 5.74) is 0.798. The van der Waals surface area contributed by atoms with Gasteiger partial charge in [-0.3, -0.25) is 0 Å². The number of rotatable bonds is 2. The average molecular weight is 206 g/mol. The van der Waals surface area contributed by atoms with E-state index in [2.05, 4.69) is 22.3 Å². The van der Waals surface area contributed by atoms with Crippen molar-refractivity contribution < 1.29 is 4.39 Å². The van der Waals surface area contributed by atoms with Gasteiger partial charge in [0.1, 0.15) is 5.82 Å². The van der Waals surface area contributed by atoms with Crippen LogP contribution in [0.3, 0.4) is 0 Å². The van der Waals surface area contributed by atoms with Gasteiger partial charge in [-0.15, -0.1) is 5.10 Å². The third kappa shape index (κ3) is 1.54. The Morgan fingerprint density at radius 3 is 3.00 bits per heavy atom. The summed E-state index contributed by atoms with van der Waals surface area (Å²) in [6, 6.07) is 3.00. The molecule has 78 valence electrons. The van der Waals surface area contributed by atoms with Crippen LogP contribution in [0.2, 0.25) is 0 Å². The zero-order chi connectivity index (χ0) is 10.5. The molecule has 0 spiro atoms. The molecular weight excluding hydrogens is 195 g/mol. The van der Waals surface area contributed by atoms with E-state index >= 15 is 0 Å². The second-order valence-electron chi connectivity index (χ2n) is 4.27. The van der Waals surface area contributed by atoms with Gasteiger partial charge in [0.05, 0.1) is 6.20 Å². The number of anilines is 1. The first-order valence-electron chi connectivity index (χ1n) is 4.95. The molecule has 2 heterocycles. The van der Waals surface area contributed by atoms with Crippen LogP contribution in [0.25, 0.3) is 5.65 Å². The molecular formula is C10H11FN4. The molecule has 0 atom stereocenters. The zero-order valence-electron chi connectivity index (χ0n) is 8.37. The predicted molar refractivity (Wildman–Crippen MR) is 54.2 cm³/mol. The molecule has 15 heavy (non-hydrogen) atoms. The Morgan fingerprint density at radius 2 is 2.27 bits per heavy atom. The Hall–Kier alpha value is -1.65. The summed E-state index contributed by atoms with van der Waals surface area (Å²) in [7, 11) is 0. The van der Waals surface area contributed by atoms with Crippen LogP contribution < -0.4 is 5.32 Å². The fraction of sp³-hybridized carbons (Fsp3) is 0.400. The lowest BCUT2D eigenvalue weighted by Crippen LogP contribution is -2.16. The van der Waals surface area contributed by atoms with Gasteiger partial charge >= 0.3 is 0 Å². The smallest absolute Gasteiger partial charge is 0.243 e. The van der Waals surface area contributed by atoms with Crippen LogP contribution in [0.5, 0.6) is 0 Å². The maximum Gasteiger partial charge on any atom is 0.243 e. The summed E-state index contributed by atoms with van der Waals surface area (Å²) in [4.78, 5) is 4.25. The van der Waals surface area contributed by atoms with Crippen LogP contribution >= 0.6 is 0 Å². The third-order valence-electron chi connectivity index (χ3n) is 2.71. The molecule has 4 nitrogen and oxygen atoms in total.